The van der Waals surface area contributed by atoms with Crippen molar-refractivity contribution in [3.05, 3.63) is 23.4 Å². The van der Waals surface area contributed by atoms with Crippen LogP contribution in [0.15, 0.2) is 12.1 Å². The zero-order valence-electron chi connectivity index (χ0n) is 8.91. The number of nitriles is 1. The van der Waals surface area contributed by atoms with E-state index in [4.69, 9.17) is 5.26 Å². The third-order valence-corrected chi connectivity index (χ3v) is 2.16. The maximum Gasteiger partial charge on any atom is 0.130 e. The second kappa shape index (κ2) is 4.61. The van der Waals surface area contributed by atoms with Crippen LogP contribution in [0.2, 0.25) is 0 Å². The first-order valence-corrected chi connectivity index (χ1v) is 4.85. The van der Waals surface area contributed by atoms with Crippen molar-refractivity contribution in [3.63, 3.8) is 0 Å². The SMILES string of the molecule is CCN(CC)c1cc(C#N)cc(C)n1. The number of rotatable bonds is 3. The predicted octanol–water partition coefficient (Wildman–Crippen LogP) is 2.11. The first-order valence-electron chi connectivity index (χ1n) is 4.85. The molecule has 0 atom stereocenters. The average molecular weight is 189 g/mol. The summed E-state index contributed by atoms with van der Waals surface area (Å²) >= 11 is 0. The maximum atomic E-state index is 8.82. The van der Waals surface area contributed by atoms with Crippen molar-refractivity contribution in [1.82, 2.24) is 4.98 Å². The molecule has 3 nitrogen and oxygen atoms in total. The number of hydrogen-bond acceptors (Lipinski definition) is 3. The molecular weight excluding hydrogens is 174 g/mol. The van der Waals surface area contributed by atoms with Gasteiger partial charge in [0.2, 0.25) is 0 Å². The zero-order valence-corrected chi connectivity index (χ0v) is 8.91. The van der Waals surface area contributed by atoms with Crippen LogP contribution in [0, 0.1) is 18.3 Å². The minimum absolute atomic E-state index is 0.680. The van der Waals surface area contributed by atoms with Gasteiger partial charge in [0.1, 0.15) is 5.82 Å². The molecule has 1 heterocycles. The van der Waals surface area contributed by atoms with Crippen LogP contribution in [0.4, 0.5) is 5.82 Å². The normalized spacial score (nSPS) is 9.57. The highest BCUT2D eigenvalue weighted by molar-refractivity contribution is 5.46. The fourth-order valence-corrected chi connectivity index (χ4v) is 1.43. The fraction of sp³-hybridized carbons (Fsp3) is 0.455. The van der Waals surface area contributed by atoms with Crippen molar-refractivity contribution in [3.8, 4) is 6.07 Å². The van der Waals surface area contributed by atoms with Gasteiger partial charge in [-0.1, -0.05) is 0 Å². The summed E-state index contributed by atoms with van der Waals surface area (Å²) in [6.45, 7) is 7.91. The molecule has 0 aromatic carbocycles. The smallest absolute Gasteiger partial charge is 0.130 e. The highest BCUT2D eigenvalue weighted by Gasteiger charge is 2.05. The third-order valence-electron chi connectivity index (χ3n) is 2.16. The Hall–Kier alpha value is -1.56. The Kier molecular flexibility index (Phi) is 3.47. The third kappa shape index (κ3) is 2.23. The summed E-state index contributed by atoms with van der Waals surface area (Å²) < 4.78 is 0. The van der Waals surface area contributed by atoms with Crippen LogP contribution in [-0.4, -0.2) is 18.1 Å². The van der Waals surface area contributed by atoms with E-state index in [1.807, 2.05) is 13.0 Å². The van der Waals surface area contributed by atoms with Gasteiger partial charge in [-0.15, -0.1) is 0 Å². The first kappa shape index (κ1) is 10.5. The van der Waals surface area contributed by atoms with Gasteiger partial charge in [0.05, 0.1) is 11.6 Å². The predicted molar refractivity (Wildman–Crippen MR) is 57.3 cm³/mol. The molecule has 1 aromatic heterocycles. The quantitative estimate of drug-likeness (QED) is 0.731. The molecule has 0 fully saturated rings. The van der Waals surface area contributed by atoms with Gasteiger partial charge in [-0.3, -0.25) is 0 Å². The van der Waals surface area contributed by atoms with Gasteiger partial charge in [-0.25, -0.2) is 4.98 Å². The number of aryl methyl sites for hydroxylation is 1. The second-order valence-corrected chi connectivity index (χ2v) is 3.14. The van der Waals surface area contributed by atoms with Crippen molar-refractivity contribution >= 4 is 5.82 Å². The maximum absolute atomic E-state index is 8.82. The van der Waals surface area contributed by atoms with Gasteiger partial charge in [-0.05, 0) is 32.9 Å². The van der Waals surface area contributed by atoms with Crippen LogP contribution in [0.25, 0.3) is 0 Å². The number of aromatic nitrogens is 1. The van der Waals surface area contributed by atoms with Crippen molar-refractivity contribution in [2.45, 2.75) is 20.8 Å². The molecule has 74 valence electrons. The molecule has 1 rings (SSSR count). The van der Waals surface area contributed by atoms with Crippen LogP contribution >= 0.6 is 0 Å². The van der Waals surface area contributed by atoms with E-state index in [0.717, 1.165) is 24.6 Å². The van der Waals surface area contributed by atoms with Crippen molar-refractivity contribution in [2.75, 3.05) is 18.0 Å². The molecule has 0 saturated heterocycles. The molecule has 0 unspecified atom stereocenters. The summed E-state index contributed by atoms with van der Waals surface area (Å²) in [5, 5.41) is 8.82. The summed E-state index contributed by atoms with van der Waals surface area (Å²) in [4.78, 5) is 6.53. The van der Waals surface area contributed by atoms with Crippen LogP contribution in [0.3, 0.4) is 0 Å². The van der Waals surface area contributed by atoms with Crippen molar-refractivity contribution in [1.29, 1.82) is 5.26 Å². The molecule has 0 N–H and O–H groups in total. The van der Waals surface area contributed by atoms with E-state index in [2.05, 4.69) is 29.8 Å². The lowest BCUT2D eigenvalue weighted by Crippen LogP contribution is -2.23. The lowest BCUT2D eigenvalue weighted by Gasteiger charge is -2.20. The number of hydrogen-bond donors (Lipinski definition) is 0. The first-order chi connectivity index (χ1) is 6.71. The zero-order chi connectivity index (χ0) is 10.6. The number of anilines is 1. The molecular formula is C11H15N3. The average Bonchev–Trinajstić information content (AvgIpc) is 2.19. The summed E-state index contributed by atoms with van der Waals surface area (Å²) in [6.07, 6.45) is 0. The van der Waals surface area contributed by atoms with E-state index < -0.39 is 0 Å². The number of nitrogens with zero attached hydrogens (tertiary/aromatic N) is 3. The van der Waals surface area contributed by atoms with E-state index in [0.29, 0.717) is 5.56 Å². The Morgan fingerprint density at radius 1 is 1.36 bits per heavy atom. The van der Waals surface area contributed by atoms with Gasteiger partial charge in [0, 0.05) is 18.8 Å². The van der Waals surface area contributed by atoms with Crippen LogP contribution in [-0.2, 0) is 0 Å². The van der Waals surface area contributed by atoms with Crippen LogP contribution in [0.5, 0.6) is 0 Å². The van der Waals surface area contributed by atoms with Gasteiger partial charge in [0.25, 0.3) is 0 Å². The molecule has 0 aliphatic carbocycles. The minimum atomic E-state index is 0.680. The molecule has 0 radical (unpaired) electrons. The van der Waals surface area contributed by atoms with Crippen molar-refractivity contribution < 1.29 is 0 Å². The van der Waals surface area contributed by atoms with E-state index in [9.17, 15) is 0 Å². The Balaban J connectivity index is 3.09. The summed E-state index contributed by atoms with van der Waals surface area (Å²) in [6, 6.07) is 5.78. The van der Waals surface area contributed by atoms with Gasteiger partial charge in [-0.2, -0.15) is 5.26 Å². The molecule has 0 aliphatic heterocycles. The summed E-state index contributed by atoms with van der Waals surface area (Å²) in [5.41, 5.74) is 1.57. The van der Waals surface area contributed by atoms with E-state index in [1.165, 1.54) is 0 Å². The van der Waals surface area contributed by atoms with Gasteiger partial charge in [0.15, 0.2) is 0 Å². The van der Waals surface area contributed by atoms with Crippen LogP contribution in [0.1, 0.15) is 25.1 Å². The molecule has 0 saturated carbocycles. The van der Waals surface area contributed by atoms with Gasteiger partial charge < -0.3 is 4.90 Å². The lowest BCUT2D eigenvalue weighted by molar-refractivity contribution is 0.842. The van der Waals surface area contributed by atoms with Gasteiger partial charge >= 0.3 is 0 Å². The topological polar surface area (TPSA) is 39.9 Å². The standard InChI is InChI=1S/C11H15N3/c1-4-14(5-2)11-7-10(8-12)6-9(3)13-11/h6-7H,4-5H2,1-3H3. The van der Waals surface area contributed by atoms with E-state index in [1.54, 1.807) is 6.07 Å². The van der Waals surface area contributed by atoms with Crippen LogP contribution < -0.4 is 4.90 Å². The fourth-order valence-electron chi connectivity index (χ4n) is 1.43. The molecule has 0 amide bonds. The Morgan fingerprint density at radius 3 is 2.50 bits per heavy atom. The summed E-state index contributed by atoms with van der Waals surface area (Å²) in [7, 11) is 0. The minimum Gasteiger partial charge on any atom is -0.357 e. The lowest BCUT2D eigenvalue weighted by atomic mass is 10.2. The Bertz CT molecular complexity index is 348. The monoisotopic (exact) mass is 189 g/mol. The second-order valence-electron chi connectivity index (χ2n) is 3.14. The van der Waals surface area contributed by atoms with E-state index >= 15 is 0 Å². The molecule has 0 spiro atoms. The molecule has 14 heavy (non-hydrogen) atoms. The molecule has 0 aliphatic rings. The molecule has 1 aromatic rings. The highest BCUT2D eigenvalue weighted by atomic mass is 15.2. The number of pyridine rings is 1. The Morgan fingerprint density at radius 2 is 2.00 bits per heavy atom. The van der Waals surface area contributed by atoms with E-state index in [-0.39, 0.29) is 0 Å². The molecule has 3 heteroatoms. The largest absolute Gasteiger partial charge is 0.357 e. The van der Waals surface area contributed by atoms with Crippen molar-refractivity contribution in [2.24, 2.45) is 0 Å². The Labute approximate surface area is 85.0 Å². The molecule has 0 bridgehead atoms. The summed E-state index contributed by atoms with van der Waals surface area (Å²) in [5.74, 6) is 0.895. The highest BCUT2D eigenvalue weighted by Crippen LogP contribution is 2.13.